The molecule has 34 heavy (non-hydrogen) atoms. The highest BCUT2D eigenvalue weighted by Crippen LogP contribution is 2.40. The second-order valence-corrected chi connectivity index (χ2v) is 8.63. The third-order valence-corrected chi connectivity index (χ3v) is 6.34. The molecule has 0 bridgehead atoms. The Bertz CT molecular complexity index is 1150. The van der Waals surface area contributed by atoms with Crippen LogP contribution in [0.15, 0.2) is 90.0 Å². The maximum atomic E-state index is 12.0. The molecular weight excluding hydrogens is 426 g/mol. The molecule has 1 fully saturated rings. The van der Waals surface area contributed by atoms with Gasteiger partial charge in [-0.1, -0.05) is 72.8 Å². The van der Waals surface area contributed by atoms with Crippen LogP contribution in [0.1, 0.15) is 42.1 Å². The lowest BCUT2D eigenvalue weighted by Gasteiger charge is -2.44. The summed E-state index contributed by atoms with van der Waals surface area (Å²) in [5.74, 6) is 1.24. The van der Waals surface area contributed by atoms with Crippen molar-refractivity contribution in [3.63, 3.8) is 0 Å². The lowest BCUT2D eigenvalue weighted by atomic mass is 9.92. The fourth-order valence-electron chi connectivity index (χ4n) is 4.69. The van der Waals surface area contributed by atoms with Gasteiger partial charge in [-0.3, -0.25) is 15.4 Å². The summed E-state index contributed by atoms with van der Waals surface area (Å²) in [4.78, 5) is 14.2. The summed E-state index contributed by atoms with van der Waals surface area (Å²) in [6.07, 6.45) is 0.621. The average molecular weight is 456 g/mol. The normalized spacial score (nSPS) is 21.6. The van der Waals surface area contributed by atoms with Crippen molar-refractivity contribution in [1.82, 2.24) is 20.5 Å². The van der Waals surface area contributed by atoms with Crippen molar-refractivity contribution in [2.24, 2.45) is 5.10 Å². The van der Waals surface area contributed by atoms with Gasteiger partial charge in [0.25, 0.3) is 0 Å². The van der Waals surface area contributed by atoms with Crippen LogP contribution in [0.2, 0.25) is 0 Å². The van der Waals surface area contributed by atoms with Gasteiger partial charge in [0.1, 0.15) is 5.75 Å². The number of nitrogens with zero attached hydrogens (tertiary/aromatic N) is 3. The van der Waals surface area contributed by atoms with Crippen molar-refractivity contribution in [3.8, 4) is 5.75 Å². The largest absolute Gasteiger partial charge is 0.497 e. The second-order valence-electron chi connectivity index (χ2n) is 8.63. The molecule has 1 saturated heterocycles. The first kappa shape index (κ1) is 22.0. The summed E-state index contributed by atoms with van der Waals surface area (Å²) in [6, 6.07) is 29.0. The molecule has 0 spiro atoms. The number of rotatable bonds is 5. The van der Waals surface area contributed by atoms with Gasteiger partial charge in [0, 0.05) is 19.5 Å². The number of carbonyl (C=O) groups excluding carboxylic acids is 1. The van der Waals surface area contributed by atoms with E-state index in [1.165, 1.54) is 12.5 Å². The molecule has 2 aliphatic rings. The van der Waals surface area contributed by atoms with Crippen LogP contribution in [-0.4, -0.2) is 35.2 Å². The van der Waals surface area contributed by atoms with E-state index in [1.807, 2.05) is 36.4 Å². The molecule has 5 rings (SSSR count). The van der Waals surface area contributed by atoms with Crippen LogP contribution in [0.5, 0.6) is 5.75 Å². The minimum atomic E-state index is -0.215. The number of guanidine groups is 1. The predicted molar refractivity (Wildman–Crippen MR) is 132 cm³/mol. The number of methoxy groups -OCH3 is 1. The van der Waals surface area contributed by atoms with Gasteiger partial charge in [0.2, 0.25) is 11.9 Å². The summed E-state index contributed by atoms with van der Waals surface area (Å²) in [5.41, 5.74) is 3.53. The number of fused-ring (bicyclic) bond motifs is 1. The molecule has 3 aromatic carbocycles. The Balaban J connectivity index is 1.53. The fraction of sp³-hybridized carbons (Fsp3) is 0.259. The van der Waals surface area contributed by atoms with Gasteiger partial charge in [-0.15, -0.1) is 5.10 Å². The molecule has 0 radical (unpaired) electrons. The molecule has 3 aromatic rings. The van der Waals surface area contributed by atoms with Gasteiger partial charge < -0.3 is 9.64 Å². The molecular formula is C27H29N5O2. The van der Waals surface area contributed by atoms with Gasteiger partial charge >= 0.3 is 0 Å². The zero-order chi connectivity index (χ0) is 23.5. The Labute approximate surface area is 200 Å². The van der Waals surface area contributed by atoms with Crippen LogP contribution >= 0.6 is 0 Å². The van der Waals surface area contributed by atoms with Crippen molar-refractivity contribution in [1.29, 1.82) is 0 Å². The molecule has 0 saturated carbocycles. The fourth-order valence-corrected chi connectivity index (χ4v) is 4.69. The number of hydrogen-bond acceptors (Lipinski definition) is 6. The summed E-state index contributed by atoms with van der Waals surface area (Å²) in [7, 11) is 1.67. The van der Waals surface area contributed by atoms with Crippen LogP contribution in [-0.2, 0) is 11.3 Å². The van der Waals surface area contributed by atoms with E-state index in [-0.39, 0.29) is 24.3 Å². The summed E-state index contributed by atoms with van der Waals surface area (Å²) < 4.78 is 5.37. The van der Waals surface area contributed by atoms with Crippen LogP contribution in [0.4, 0.5) is 0 Å². The Morgan fingerprint density at radius 2 is 1.68 bits per heavy atom. The number of hydrazone groups is 1. The minimum Gasteiger partial charge on any atom is -0.497 e. The summed E-state index contributed by atoms with van der Waals surface area (Å²) in [6.45, 7) is 2.13. The molecule has 7 nitrogen and oxygen atoms in total. The Kier molecular flexibility index (Phi) is 6.18. The molecule has 1 amide bonds. The minimum absolute atomic E-state index is 0.0203. The van der Waals surface area contributed by atoms with Crippen LogP contribution in [0.25, 0.3) is 0 Å². The van der Waals surface area contributed by atoms with E-state index >= 15 is 0 Å². The number of benzene rings is 3. The van der Waals surface area contributed by atoms with Gasteiger partial charge in [-0.2, -0.15) is 0 Å². The third kappa shape index (κ3) is 4.47. The zero-order valence-corrected chi connectivity index (χ0v) is 19.4. The molecule has 2 aliphatic heterocycles. The van der Waals surface area contributed by atoms with Gasteiger partial charge in [0.05, 0.1) is 13.2 Å². The highest BCUT2D eigenvalue weighted by atomic mass is 16.5. The topological polar surface area (TPSA) is 69.2 Å². The Morgan fingerprint density at radius 3 is 2.32 bits per heavy atom. The Hall–Kier alpha value is -3.84. The lowest BCUT2D eigenvalue weighted by Crippen LogP contribution is -2.58. The quantitative estimate of drug-likeness (QED) is 0.609. The van der Waals surface area contributed by atoms with Crippen LogP contribution in [0.3, 0.4) is 0 Å². The predicted octanol–water partition coefficient (Wildman–Crippen LogP) is 3.98. The lowest BCUT2D eigenvalue weighted by molar-refractivity contribution is -0.117. The van der Waals surface area contributed by atoms with E-state index in [0.29, 0.717) is 12.5 Å². The maximum Gasteiger partial charge on any atom is 0.226 e. The molecule has 0 aromatic heterocycles. The highest BCUT2D eigenvalue weighted by molar-refractivity contribution is 5.96. The summed E-state index contributed by atoms with van der Waals surface area (Å²) in [5, 5.41) is 13.7. The SMILES string of the molecule is COc1ccc(C2CC(c3ccccc3)NC3N(Cc4ccccc4)C(NC(C)=O)=NN23)cc1. The van der Waals surface area contributed by atoms with Gasteiger partial charge in [-0.05, 0) is 35.2 Å². The maximum absolute atomic E-state index is 12.0. The first-order valence-corrected chi connectivity index (χ1v) is 11.5. The molecule has 7 heteroatoms. The van der Waals surface area contributed by atoms with Crippen molar-refractivity contribution >= 4 is 11.9 Å². The third-order valence-electron chi connectivity index (χ3n) is 6.34. The van der Waals surface area contributed by atoms with Crippen molar-refractivity contribution < 1.29 is 9.53 Å². The van der Waals surface area contributed by atoms with E-state index in [0.717, 1.165) is 23.3 Å². The smallest absolute Gasteiger partial charge is 0.226 e. The molecule has 2 heterocycles. The molecule has 3 unspecified atom stereocenters. The zero-order valence-electron chi connectivity index (χ0n) is 19.4. The molecule has 2 N–H and O–H groups in total. The molecule has 174 valence electrons. The van der Waals surface area contributed by atoms with Crippen LogP contribution in [0, 0.1) is 0 Å². The molecule has 3 atom stereocenters. The van der Waals surface area contributed by atoms with E-state index in [1.54, 1.807) is 7.11 Å². The number of ether oxygens (including phenoxy) is 1. The number of nitrogens with one attached hydrogen (secondary N) is 2. The summed E-state index contributed by atoms with van der Waals surface area (Å²) >= 11 is 0. The standard InChI is InChI=1S/C27H29N5O2/c1-19(33)28-26-30-32-25(22-13-15-23(34-2)16-14-22)17-24(21-11-7-4-8-12-21)29-27(32)31(26)18-20-9-5-3-6-10-20/h3-16,24-25,27,29H,17-18H2,1-2H3,(H,28,30,33). The number of hydrogen-bond donors (Lipinski definition) is 2. The monoisotopic (exact) mass is 455 g/mol. The Morgan fingerprint density at radius 1 is 1.00 bits per heavy atom. The number of amides is 1. The van der Waals surface area contributed by atoms with E-state index in [9.17, 15) is 4.79 Å². The van der Waals surface area contributed by atoms with Crippen molar-refractivity contribution in [3.05, 3.63) is 102 Å². The van der Waals surface area contributed by atoms with Gasteiger partial charge in [-0.25, -0.2) is 5.01 Å². The second kappa shape index (κ2) is 9.57. The van der Waals surface area contributed by atoms with Crippen molar-refractivity contribution in [2.45, 2.75) is 38.3 Å². The highest BCUT2D eigenvalue weighted by Gasteiger charge is 2.44. The molecule has 0 aliphatic carbocycles. The first-order chi connectivity index (χ1) is 16.6. The van der Waals surface area contributed by atoms with E-state index < -0.39 is 0 Å². The van der Waals surface area contributed by atoms with E-state index in [4.69, 9.17) is 9.84 Å². The van der Waals surface area contributed by atoms with E-state index in [2.05, 4.69) is 69.1 Å². The van der Waals surface area contributed by atoms with Crippen molar-refractivity contribution in [2.75, 3.05) is 7.11 Å². The number of carbonyl (C=O) groups is 1. The first-order valence-electron chi connectivity index (χ1n) is 11.5. The van der Waals surface area contributed by atoms with Gasteiger partial charge in [0.15, 0.2) is 6.29 Å². The van der Waals surface area contributed by atoms with Crippen LogP contribution < -0.4 is 15.4 Å². The average Bonchev–Trinajstić information content (AvgIpc) is 3.20.